The molecule has 1 aromatic heterocycles. The molecule has 0 aliphatic rings. The van der Waals surface area contributed by atoms with Crippen LogP contribution in [0.2, 0.25) is 0 Å². The standard InChI is InChI=1S/C17H24N4O3/c1-3-7-14(22)11-18-17(23)19-12(2)16-20-15(21-24-16)10-13-8-5-4-6-9-13/h4-6,8-9,12,14,22H,3,7,10-11H2,1-2H3,(H2,18,19,23). The first-order valence-corrected chi connectivity index (χ1v) is 8.17. The maximum Gasteiger partial charge on any atom is 0.315 e. The van der Waals surface area contributed by atoms with E-state index in [0.29, 0.717) is 24.6 Å². The molecule has 1 aromatic carbocycles. The lowest BCUT2D eigenvalue weighted by molar-refractivity contribution is 0.159. The smallest absolute Gasteiger partial charge is 0.315 e. The fourth-order valence-electron chi connectivity index (χ4n) is 2.25. The zero-order valence-corrected chi connectivity index (χ0v) is 14.0. The zero-order chi connectivity index (χ0) is 17.4. The van der Waals surface area contributed by atoms with Crippen molar-refractivity contribution in [3.63, 3.8) is 0 Å². The zero-order valence-electron chi connectivity index (χ0n) is 14.0. The second-order valence-electron chi connectivity index (χ2n) is 5.73. The van der Waals surface area contributed by atoms with Crippen molar-refractivity contribution in [2.45, 2.75) is 45.3 Å². The SMILES string of the molecule is CCCC(O)CNC(=O)NC(C)c1nc(Cc2ccccc2)no1. The van der Waals surface area contributed by atoms with E-state index in [9.17, 15) is 9.90 Å². The molecule has 24 heavy (non-hydrogen) atoms. The average Bonchev–Trinajstić information content (AvgIpc) is 3.03. The summed E-state index contributed by atoms with van der Waals surface area (Å²) >= 11 is 0. The van der Waals surface area contributed by atoms with Crippen LogP contribution in [-0.2, 0) is 6.42 Å². The van der Waals surface area contributed by atoms with E-state index in [1.807, 2.05) is 37.3 Å². The van der Waals surface area contributed by atoms with Gasteiger partial charge in [0, 0.05) is 13.0 Å². The van der Waals surface area contributed by atoms with Crippen LogP contribution in [0.1, 0.15) is 50.0 Å². The Bertz CT molecular complexity index is 630. The maximum absolute atomic E-state index is 11.8. The summed E-state index contributed by atoms with van der Waals surface area (Å²) in [6.45, 7) is 3.96. The third-order valence-corrected chi connectivity index (χ3v) is 3.53. The van der Waals surface area contributed by atoms with Gasteiger partial charge >= 0.3 is 6.03 Å². The number of nitrogens with one attached hydrogen (secondary N) is 2. The molecule has 0 saturated heterocycles. The van der Waals surface area contributed by atoms with E-state index in [4.69, 9.17) is 4.52 Å². The Kier molecular flexibility index (Phi) is 6.74. The minimum Gasteiger partial charge on any atom is -0.391 e. The first kappa shape index (κ1) is 17.9. The maximum atomic E-state index is 11.8. The lowest BCUT2D eigenvalue weighted by Gasteiger charge is -2.13. The van der Waals surface area contributed by atoms with E-state index in [-0.39, 0.29) is 12.6 Å². The predicted octanol–water partition coefficient (Wildman–Crippen LogP) is 2.18. The molecule has 130 valence electrons. The monoisotopic (exact) mass is 332 g/mol. The van der Waals surface area contributed by atoms with Crippen LogP contribution in [0.5, 0.6) is 0 Å². The van der Waals surface area contributed by atoms with Crippen molar-refractivity contribution in [2.24, 2.45) is 0 Å². The number of amides is 2. The number of benzene rings is 1. The Hall–Kier alpha value is -2.41. The van der Waals surface area contributed by atoms with Gasteiger partial charge in [-0.25, -0.2) is 4.79 Å². The lowest BCUT2D eigenvalue weighted by atomic mass is 10.1. The first-order valence-electron chi connectivity index (χ1n) is 8.17. The van der Waals surface area contributed by atoms with Crippen molar-refractivity contribution in [3.8, 4) is 0 Å². The van der Waals surface area contributed by atoms with Crippen molar-refractivity contribution < 1.29 is 14.4 Å². The van der Waals surface area contributed by atoms with E-state index in [1.165, 1.54) is 0 Å². The van der Waals surface area contributed by atoms with Gasteiger partial charge in [0.15, 0.2) is 5.82 Å². The molecular weight excluding hydrogens is 308 g/mol. The van der Waals surface area contributed by atoms with Crippen LogP contribution in [0, 0.1) is 0 Å². The number of aromatic nitrogens is 2. The number of nitrogens with zero attached hydrogens (tertiary/aromatic N) is 2. The molecule has 2 amide bonds. The van der Waals surface area contributed by atoms with Crippen LogP contribution in [0.3, 0.4) is 0 Å². The summed E-state index contributed by atoms with van der Waals surface area (Å²) in [6, 6.07) is 9.06. The molecule has 0 aliphatic carbocycles. The second-order valence-corrected chi connectivity index (χ2v) is 5.73. The van der Waals surface area contributed by atoms with Crippen molar-refractivity contribution in [1.82, 2.24) is 20.8 Å². The van der Waals surface area contributed by atoms with E-state index in [2.05, 4.69) is 20.8 Å². The van der Waals surface area contributed by atoms with Crippen LogP contribution < -0.4 is 10.6 Å². The van der Waals surface area contributed by atoms with E-state index < -0.39 is 12.1 Å². The molecule has 2 atom stereocenters. The van der Waals surface area contributed by atoms with Crippen LogP contribution >= 0.6 is 0 Å². The van der Waals surface area contributed by atoms with Crippen molar-refractivity contribution in [1.29, 1.82) is 0 Å². The number of aliphatic hydroxyl groups excluding tert-OH is 1. The van der Waals surface area contributed by atoms with Gasteiger partial charge < -0.3 is 20.3 Å². The fraction of sp³-hybridized carbons (Fsp3) is 0.471. The molecule has 0 bridgehead atoms. The number of hydrogen-bond acceptors (Lipinski definition) is 5. The number of carbonyl (C=O) groups is 1. The molecule has 2 aromatic rings. The Labute approximate surface area is 141 Å². The largest absolute Gasteiger partial charge is 0.391 e. The lowest BCUT2D eigenvalue weighted by Crippen LogP contribution is -2.40. The van der Waals surface area contributed by atoms with Gasteiger partial charge in [-0.2, -0.15) is 4.98 Å². The van der Waals surface area contributed by atoms with E-state index in [1.54, 1.807) is 6.92 Å². The molecule has 0 spiro atoms. The van der Waals surface area contributed by atoms with Gasteiger partial charge in [-0.3, -0.25) is 0 Å². The third kappa shape index (κ3) is 5.66. The molecule has 1 heterocycles. The van der Waals surface area contributed by atoms with E-state index in [0.717, 1.165) is 12.0 Å². The molecule has 7 nitrogen and oxygen atoms in total. The minimum atomic E-state index is -0.531. The normalized spacial score (nSPS) is 13.3. The summed E-state index contributed by atoms with van der Waals surface area (Å²) in [4.78, 5) is 16.1. The predicted molar refractivity (Wildman–Crippen MR) is 89.4 cm³/mol. The minimum absolute atomic E-state index is 0.218. The Morgan fingerprint density at radius 1 is 1.33 bits per heavy atom. The highest BCUT2D eigenvalue weighted by molar-refractivity contribution is 5.74. The highest BCUT2D eigenvalue weighted by atomic mass is 16.5. The molecule has 2 rings (SSSR count). The average molecular weight is 332 g/mol. The molecule has 0 radical (unpaired) electrons. The van der Waals surface area contributed by atoms with Gasteiger partial charge in [-0.15, -0.1) is 0 Å². The van der Waals surface area contributed by atoms with Gasteiger partial charge in [-0.05, 0) is 18.9 Å². The van der Waals surface area contributed by atoms with Crippen LogP contribution in [0.25, 0.3) is 0 Å². The fourth-order valence-corrected chi connectivity index (χ4v) is 2.25. The Balaban J connectivity index is 1.82. The summed E-state index contributed by atoms with van der Waals surface area (Å²) in [6.07, 6.45) is 1.57. The van der Waals surface area contributed by atoms with Crippen LogP contribution in [-0.4, -0.2) is 33.9 Å². The van der Waals surface area contributed by atoms with Crippen molar-refractivity contribution >= 4 is 6.03 Å². The third-order valence-electron chi connectivity index (χ3n) is 3.53. The summed E-state index contributed by atoms with van der Waals surface area (Å²) in [5.41, 5.74) is 1.09. The number of urea groups is 1. The van der Waals surface area contributed by atoms with Gasteiger partial charge in [0.05, 0.1) is 6.10 Å². The summed E-state index contributed by atoms with van der Waals surface area (Å²) in [5, 5.41) is 18.9. The first-order chi connectivity index (χ1) is 11.6. The molecule has 2 unspecified atom stereocenters. The molecule has 0 saturated carbocycles. The Morgan fingerprint density at radius 3 is 2.79 bits per heavy atom. The number of hydrogen-bond donors (Lipinski definition) is 3. The quantitative estimate of drug-likeness (QED) is 0.688. The van der Waals surface area contributed by atoms with Crippen LogP contribution in [0.4, 0.5) is 4.79 Å². The van der Waals surface area contributed by atoms with Gasteiger partial charge in [0.25, 0.3) is 0 Å². The highest BCUT2D eigenvalue weighted by Gasteiger charge is 2.17. The second kappa shape index (κ2) is 9.02. The highest BCUT2D eigenvalue weighted by Crippen LogP contribution is 2.12. The van der Waals surface area contributed by atoms with Gasteiger partial charge in [0.2, 0.25) is 5.89 Å². The molecule has 0 fully saturated rings. The van der Waals surface area contributed by atoms with Gasteiger partial charge in [0.1, 0.15) is 6.04 Å². The molecule has 7 heteroatoms. The summed E-state index contributed by atoms with van der Waals surface area (Å²) in [5.74, 6) is 0.925. The van der Waals surface area contributed by atoms with Crippen LogP contribution in [0.15, 0.2) is 34.9 Å². The molecule has 0 aliphatic heterocycles. The number of aliphatic hydroxyl groups is 1. The number of rotatable bonds is 8. The van der Waals surface area contributed by atoms with Crippen molar-refractivity contribution in [3.05, 3.63) is 47.6 Å². The summed E-state index contributed by atoms with van der Waals surface area (Å²) < 4.78 is 5.21. The number of carbonyl (C=O) groups excluding carboxylic acids is 1. The molecular formula is C17H24N4O3. The Morgan fingerprint density at radius 2 is 2.08 bits per heavy atom. The molecule has 3 N–H and O–H groups in total. The topological polar surface area (TPSA) is 100 Å². The summed E-state index contributed by atoms with van der Waals surface area (Å²) in [7, 11) is 0. The van der Waals surface area contributed by atoms with Gasteiger partial charge in [-0.1, -0.05) is 48.8 Å². The van der Waals surface area contributed by atoms with E-state index >= 15 is 0 Å². The van der Waals surface area contributed by atoms with Crippen molar-refractivity contribution in [2.75, 3.05) is 6.54 Å².